The molecule has 1 aliphatic heterocycles. The SMILES string of the molecule is CN(CCC(N)=S)C(=O)CCN1CCCC1=O. The average molecular weight is 257 g/mol. The van der Waals surface area contributed by atoms with Crippen molar-refractivity contribution >= 4 is 29.0 Å². The van der Waals surface area contributed by atoms with E-state index >= 15 is 0 Å². The van der Waals surface area contributed by atoms with Crippen molar-refractivity contribution in [2.75, 3.05) is 26.7 Å². The van der Waals surface area contributed by atoms with E-state index in [1.54, 1.807) is 16.8 Å². The third-order valence-electron chi connectivity index (χ3n) is 2.89. The molecule has 0 aromatic carbocycles. The van der Waals surface area contributed by atoms with Gasteiger partial charge < -0.3 is 15.5 Å². The Morgan fingerprint density at radius 2 is 2.24 bits per heavy atom. The maximum atomic E-state index is 11.7. The number of amides is 2. The second-order valence-corrected chi connectivity index (χ2v) is 4.79. The Morgan fingerprint density at radius 1 is 1.53 bits per heavy atom. The topological polar surface area (TPSA) is 66.6 Å². The zero-order valence-electron chi connectivity index (χ0n) is 10.1. The van der Waals surface area contributed by atoms with E-state index in [9.17, 15) is 9.59 Å². The van der Waals surface area contributed by atoms with Gasteiger partial charge in [-0.05, 0) is 6.42 Å². The van der Waals surface area contributed by atoms with Crippen LogP contribution in [0, 0.1) is 0 Å². The molecule has 0 bridgehead atoms. The van der Waals surface area contributed by atoms with Crippen LogP contribution in [0.4, 0.5) is 0 Å². The van der Waals surface area contributed by atoms with Crippen LogP contribution in [0.3, 0.4) is 0 Å². The zero-order chi connectivity index (χ0) is 12.8. The molecule has 96 valence electrons. The van der Waals surface area contributed by atoms with Crippen LogP contribution in [0.5, 0.6) is 0 Å². The van der Waals surface area contributed by atoms with Crippen LogP contribution in [0.1, 0.15) is 25.7 Å². The van der Waals surface area contributed by atoms with E-state index in [0.29, 0.717) is 37.3 Å². The third-order valence-corrected chi connectivity index (χ3v) is 3.09. The first-order valence-electron chi connectivity index (χ1n) is 5.80. The Balaban J connectivity index is 2.24. The zero-order valence-corrected chi connectivity index (χ0v) is 11.0. The van der Waals surface area contributed by atoms with Gasteiger partial charge in [0.1, 0.15) is 0 Å². The first-order valence-corrected chi connectivity index (χ1v) is 6.21. The maximum Gasteiger partial charge on any atom is 0.224 e. The standard InChI is InChI=1S/C11H19N3O2S/c1-13(7-4-9(12)17)10(15)5-8-14-6-2-3-11(14)16/h2-8H2,1H3,(H2,12,17). The van der Waals surface area contributed by atoms with Gasteiger partial charge in [0, 0.05) is 45.9 Å². The molecule has 0 aliphatic carbocycles. The molecule has 1 fully saturated rings. The number of hydrogen-bond donors (Lipinski definition) is 1. The van der Waals surface area contributed by atoms with Crippen LogP contribution in [0.2, 0.25) is 0 Å². The van der Waals surface area contributed by atoms with E-state index in [1.807, 2.05) is 0 Å². The summed E-state index contributed by atoms with van der Waals surface area (Å²) in [7, 11) is 1.73. The minimum absolute atomic E-state index is 0.0287. The molecule has 17 heavy (non-hydrogen) atoms. The highest BCUT2D eigenvalue weighted by Crippen LogP contribution is 2.10. The van der Waals surface area contributed by atoms with Crippen molar-refractivity contribution in [1.82, 2.24) is 9.80 Å². The lowest BCUT2D eigenvalue weighted by atomic mass is 10.3. The molecule has 0 atom stereocenters. The summed E-state index contributed by atoms with van der Waals surface area (Å²) < 4.78 is 0. The van der Waals surface area contributed by atoms with Gasteiger partial charge in [0.05, 0.1) is 4.99 Å². The summed E-state index contributed by atoms with van der Waals surface area (Å²) >= 11 is 4.75. The van der Waals surface area contributed by atoms with Crippen molar-refractivity contribution in [3.8, 4) is 0 Å². The molecule has 6 heteroatoms. The van der Waals surface area contributed by atoms with Crippen molar-refractivity contribution in [2.45, 2.75) is 25.7 Å². The molecule has 5 nitrogen and oxygen atoms in total. The molecule has 0 saturated carbocycles. The number of hydrogen-bond acceptors (Lipinski definition) is 3. The average Bonchev–Trinajstić information content (AvgIpc) is 2.68. The summed E-state index contributed by atoms with van der Waals surface area (Å²) in [6.45, 7) is 1.85. The van der Waals surface area contributed by atoms with Gasteiger partial charge in [0.25, 0.3) is 0 Å². The van der Waals surface area contributed by atoms with E-state index in [1.165, 1.54) is 0 Å². The fourth-order valence-corrected chi connectivity index (χ4v) is 1.86. The Morgan fingerprint density at radius 3 is 2.76 bits per heavy atom. The van der Waals surface area contributed by atoms with Crippen molar-refractivity contribution < 1.29 is 9.59 Å². The highest BCUT2D eigenvalue weighted by Gasteiger charge is 2.21. The van der Waals surface area contributed by atoms with E-state index in [4.69, 9.17) is 18.0 Å². The van der Waals surface area contributed by atoms with E-state index < -0.39 is 0 Å². The largest absolute Gasteiger partial charge is 0.393 e. The second-order valence-electron chi connectivity index (χ2n) is 4.27. The summed E-state index contributed by atoms with van der Waals surface area (Å²) in [6, 6.07) is 0. The second kappa shape index (κ2) is 6.54. The molecule has 0 spiro atoms. The molecule has 1 heterocycles. The Hall–Kier alpha value is -1.17. The highest BCUT2D eigenvalue weighted by molar-refractivity contribution is 7.80. The van der Waals surface area contributed by atoms with Crippen LogP contribution in [0.15, 0.2) is 0 Å². The molecule has 0 aromatic heterocycles. The third kappa shape index (κ3) is 4.68. The molecule has 0 radical (unpaired) electrons. The number of nitrogens with zero attached hydrogens (tertiary/aromatic N) is 2. The molecule has 1 aliphatic rings. The predicted octanol–water partition coefficient (Wildman–Crippen LogP) is 0.134. The minimum Gasteiger partial charge on any atom is -0.393 e. The number of likely N-dealkylation sites (tertiary alicyclic amines) is 1. The molecule has 2 amide bonds. The number of nitrogens with two attached hydrogens (primary N) is 1. The molecule has 2 N–H and O–H groups in total. The molecular weight excluding hydrogens is 238 g/mol. The lowest BCUT2D eigenvalue weighted by molar-refractivity contribution is -0.131. The number of rotatable bonds is 6. The Kier molecular flexibility index (Phi) is 5.34. The van der Waals surface area contributed by atoms with Crippen LogP contribution in [-0.4, -0.2) is 53.3 Å². The number of thiocarbonyl (C=S) groups is 1. The van der Waals surface area contributed by atoms with Gasteiger partial charge in [-0.1, -0.05) is 12.2 Å². The van der Waals surface area contributed by atoms with E-state index in [0.717, 1.165) is 13.0 Å². The van der Waals surface area contributed by atoms with Crippen LogP contribution in [0.25, 0.3) is 0 Å². The van der Waals surface area contributed by atoms with Crippen molar-refractivity contribution in [1.29, 1.82) is 0 Å². The number of carbonyl (C=O) groups is 2. The van der Waals surface area contributed by atoms with Gasteiger partial charge in [-0.25, -0.2) is 0 Å². The Bertz CT molecular complexity index is 320. The first kappa shape index (κ1) is 13.9. The summed E-state index contributed by atoms with van der Waals surface area (Å²) in [5, 5.41) is 0. The minimum atomic E-state index is 0.0287. The summed E-state index contributed by atoms with van der Waals surface area (Å²) in [4.78, 5) is 26.8. The van der Waals surface area contributed by atoms with E-state index in [2.05, 4.69) is 0 Å². The fourth-order valence-electron chi connectivity index (χ4n) is 1.76. The Labute approximate surface area is 107 Å². The van der Waals surface area contributed by atoms with Gasteiger partial charge in [0.2, 0.25) is 11.8 Å². The fraction of sp³-hybridized carbons (Fsp3) is 0.727. The maximum absolute atomic E-state index is 11.7. The monoisotopic (exact) mass is 257 g/mol. The lowest BCUT2D eigenvalue weighted by Crippen LogP contribution is -2.34. The van der Waals surface area contributed by atoms with Gasteiger partial charge >= 0.3 is 0 Å². The van der Waals surface area contributed by atoms with Gasteiger partial charge in [-0.15, -0.1) is 0 Å². The van der Waals surface area contributed by atoms with Crippen molar-refractivity contribution in [3.05, 3.63) is 0 Å². The van der Waals surface area contributed by atoms with Crippen LogP contribution < -0.4 is 5.73 Å². The molecule has 1 rings (SSSR count). The molecule has 0 unspecified atom stereocenters. The lowest BCUT2D eigenvalue weighted by Gasteiger charge is -2.19. The summed E-state index contributed by atoms with van der Waals surface area (Å²) in [5.74, 6) is 0.185. The van der Waals surface area contributed by atoms with E-state index in [-0.39, 0.29) is 11.8 Å². The van der Waals surface area contributed by atoms with Crippen molar-refractivity contribution in [2.24, 2.45) is 5.73 Å². The molecular formula is C11H19N3O2S. The normalized spacial score (nSPS) is 15.1. The first-order chi connectivity index (χ1) is 8.00. The van der Waals surface area contributed by atoms with Gasteiger partial charge in [0.15, 0.2) is 0 Å². The predicted molar refractivity (Wildman–Crippen MR) is 69.5 cm³/mol. The van der Waals surface area contributed by atoms with Crippen LogP contribution >= 0.6 is 12.2 Å². The smallest absolute Gasteiger partial charge is 0.224 e. The molecule has 1 saturated heterocycles. The summed E-state index contributed by atoms with van der Waals surface area (Å²) in [5.41, 5.74) is 5.37. The number of carbonyl (C=O) groups excluding carboxylic acids is 2. The van der Waals surface area contributed by atoms with Crippen molar-refractivity contribution in [3.63, 3.8) is 0 Å². The van der Waals surface area contributed by atoms with Crippen LogP contribution in [-0.2, 0) is 9.59 Å². The van der Waals surface area contributed by atoms with Gasteiger partial charge in [-0.2, -0.15) is 0 Å². The quantitative estimate of drug-likeness (QED) is 0.687. The van der Waals surface area contributed by atoms with Gasteiger partial charge in [-0.3, -0.25) is 9.59 Å². The molecule has 0 aromatic rings. The highest BCUT2D eigenvalue weighted by atomic mass is 32.1. The summed E-state index contributed by atoms with van der Waals surface area (Å²) in [6.07, 6.45) is 2.44.